The van der Waals surface area contributed by atoms with Crippen LogP contribution >= 0.6 is 34.9 Å². The van der Waals surface area contributed by atoms with Gasteiger partial charge in [-0.25, -0.2) is 0 Å². The molecule has 0 saturated carbocycles. The minimum absolute atomic E-state index is 0.183. The van der Waals surface area contributed by atoms with Gasteiger partial charge in [-0.05, 0) is 24.3 Å². The molecular weight excluding hydrogens is 585 g/mol. The number of nitrogens with zero attached hydrogens (tertiary/aromatic N) is 4. The highest BCUT2D eigenvalue weighted by Gasteiger charge is 2.23. The molecule has 5 rings (SSSR count). The van der Waals surface area contributed by atoms with Crippen LogP contribution in [-0.2, 0) is 0 Å². The molecule has 0 aliphatic rings. The number of rotatable bonds is 10. The van der Waals surface area contributed by atoms with Gasteiger partial charge in [0.15, 0.2) is 20.2 Å². The van der Waals surface area contributed by atoms with Crippen molar-refractivity contribution in [2.45, 2.75) is 18.5 Å². The summed E-state index contributed by atoms with van der Waals surface area (Å²) in [4.78, 5) is 48.5. The van der Waals surface area contributed by atoms with E-state index < -0.39 is 9.85 Å². The molecule has 0 N–H and O–H groups in total. The van der Waals surface area contributed by atoms with Crippen LogP contribution < -0.4 is 0 Å². The summed E-state index contributed by atoms with van der Waals surface area (Å²) in [5.41, 5.74) is 0.689. The lowest BCUT2D eigenvalue weighted by atomic mass is 10.0. The largest absolute Gasteiger partial charge is 0.289 e. The van der Waals surface area contributed by atoms with Crippen LogP contribution in [0, 0.1) is 20.2 Å². The topological polar surface area (TPSA) is 146 Å². The van der Waals surface area contributed by atoms with Crippen molar-refractivity contribution in [2.75, 3.05) is 0 Å². The highest BCUT2D eigenvalue weighted by atomic mass is 32.2. The fourth-order valence-electron chi connectivity index (χ4n) is 3.76. The van der Waals surface area contributed by atoms with Crippen molar-refractivity contribution in [1.82, 2.24) is 10.2 Å². The van der Waals surface area contributed by atoms with Gasteiger partial charge >= 0.3 is 0 Å². The number of aromatic nitrogens is 2. The Morgan fingerprint density at radius 3 is 1.34 bits per heavy atom. The van der Waals surface area contributed by atoms with Crippen molar-refractivity contribution < 1.29 is 19.4 Å². The maximum absolute atomic E-state index is 12.8. The third-order valence-electron chi connectivity index (χ3n) is 5.69. The highest BCUT2D eigenvalue weighted by molar-refractivity contribution is 8.03. The van der Waals surface area contributed by atoms with Gasteiger partial charge in [0, 0.05) is 34.4 Å². The smallest absolute Gasteiger partial charge is 0.284 e. The zero-order valence-electron chi connectivity index (χ0n) is 20.7. The number of nitro groups is 2. The molecule has 0 aliphatic heterocycles. The molecule has 0 fully saturated rings. The Balaban J connectivity index is 1.35. The van der Waals surface area contributed by atoms with E-state index in [9.17, 15) is 29.8 Å². The number of carbonyl (C=O) groups excluding carboxylic acids is 2. The molecule has 0 unspecified atom stereocenters. The predicted octanol–water partition coefficient (Wildman–Crippen LogP) is 7.12. The summed E-state index contributed by atoms with van der Waals surface area (Å²) in [5, 5.41) is 31.7. The molecular formula is C28H16N4O6S3. The Labute approximate surface area is 244 Å². The van der Waals surface area contributed by atoms with Gasteiger partial charge < -0.3 is 0 Å². The first-order valence-corrected chi connectivity index (χ1v) is 14.2. The molecule has 0 radical (unpaired) electrons. The zero-order chi connectivity index (χ0) is 28.9. The fraction of sp³-hybridized carbons (Fsp3) is 0. The van der Waals surface area contributed by atoms with Gasteiger partial charge in [-0.3, -0.25) is 29.8 Å². The average molecular weight is 601 g/mol. The standard InChI is InChI=1S/C28H16N4O6S3/c33-25(17-7-3-1-4-8-17)19-11-13-23(21(15-19)31(35)36)39-27-29-30-28(41-27)40-24-14-12-20(16-22(24)32(37)38)26(34)18-9-5-2-6-10-18/h1-16H. The van der Waals surface area contributed by atoms with Gasteiger partial charge in [0.1, 0.15) is 0 Å². The number of benzene rings is 4. The molecule has 1 heterocycles. The summed E-state index contributed by atoms with van der Waals surface area (Å²) in [5.74, 6) is -0.670. The predicted molar refractivity (Wildman–Crippen MR) is 154 cm³/mol. The van der Waals surface area contributed by atoms with Crippen molar-refractivity contribution in [3.05, 3.63) is 140 Å². The fourth-order valence-corrected chi connectivity index (χ4v) is 6.86. The van der Waals surface area contributed by atoms with E-state index >= 15 is 0 Å². The molecule has 0 amide bonds. The molecule has 0 saturated heterocycles. The van der Waals surface area contributed by atoms with Crippen molar-refractivity contribution in [2.24, 2.45) is 0 Å². The van der Waals surface area contributed by atoms with Gasteiger partial charge in [0.05, 0.1) is 19.6 Å². The Morgan fingerprint density at radius 1 is 0.585 bits per heavy atom. The maximum Gasteiger partial charge on any atom is 0.284 e. The van der Waals surface area contributed by atoms with Crippen molar-refractivity contribution >= 4 is 57.8 Å². The monoisotopic (exact) mass is 600 g/mol. The Morgan fingerprint density at radius 2 is 0.976 bits per heavy atom. The van der Waals surface area contributed by atoms with E-state index in [-0.39, 0.29) is 43.9 Å². The van der Waals surface area contributed by atoms with Gasteiger partial charge in [-0.1, -0.05) is 95.5 Å². The molecule has 5 aromatic rings. The van der Waals surface area contributed by atoms with Crippen LogP contribution in [0.25, 0.3) is 0 Å². The summed E-state index contributed by atoms with van der Waals surface area (Å²) < 4.78 is 0.743. The second kappa shape index (κ2) is 12.2. The number of carbonyl (C=O) groups is 2. The lowest BCUT2D eigenvalue weighted by Gasteiger charge is -2.05. The zero-order valence-corrected chi connectivity index (χ0v) is 23.2. The molecule has 0 spiro atoms. The molecule has 4 aromatic carbocycles. The lowest BCUT2D eigenvalue weighted by molar-refractivity contribution is -0.387. The second-order valence-electron chi connectivity index (χ2n) is 8.31. The van der Waals surface area contributed by atoms with Gasteiger partial charge in [-0.15, -0.1) is 10.2 Å². The van der Waals surface area contributed by atoms with Crippen molar-refractivity contribution in [3.8, 4) is 0 Å². The first-order chi connectivity index (χ1) is 19.8. The third kappa shape index (κ3) is 6.38. The van der Waals surface area contributed by atoms with Crippen LogP contribution in [0.5, 0.6) is 0 Å². The van der Waals surface area contributed by atoms with Crippen LogP contribution in [0.4, 0.5) is 11.4 Å². The molecule has 13 heteroatoms. The first-order valence-electron chi connectivity index (χ1n) is 11.8. The van der Waals surface area contributed by atoms with Gasteiger partial charge in [0.25, 0.3) is 11.4 Å². The van der Waals surface area contributed by atoms with E-state index in [2.05, 4.69) is 10.2 Å². The lowest BCUT2D eigenvalue weighted by Crippen LogP contribution is -2.02. The van der Waals surface area contributed by atoms with E-state index in [0.717, 1.165) is 34.9 Å². The molecule has 41 heavy (non-hydrogen) atoms. The minimum Gasteiger partial charge on any atom is -0.289 e. The van der Waals surface area contributed by atoms with Crippen LogP contribution in [0.2, 0.25) is 0 Å². The summed E-state index contributed by atoms with van der Waals surface area (Å²) in [6.45, 7) is 0. The first kappa shape index (κ1) is 27.8. The highest BCUT2D eigenvalue weighted by Crippen LogP contribution is 2.42. The Bertz CT molecular complexity index is 1670. The summed E-state index contributed by atoms with van der Waals surface area (Å²) >= 11 is 3.11. The van der Waals surface area contributed by atoms with Crippen LogP contribution in [-0.4, -0.2) is 31.6 Å². The maximum atomic E-state index is 12.8. The van der Waals surface area contributed by atoms with Gasteiger partial charge in [0.2, 0.25) is 0 Å². The van der Waals surface area contributed by atoms with E-state index in [1.807, 2.05) is 0 Å². The number of hydrogen-bond donors (Lipinski definition) is 0. The van der Waals surface area contributed by atoms with E-state index in [1.54, 1.807) is 60.7 Å². The normalized spacial score (nSPS) is 10.7. The quantitative estimate of drug-likeness (QED) is 0.0922. The van der Waals surface area contributed by atoms with Crippen LogP contribution in [0.1, 0.15) is 31.8 Å². The minimum atomic E-state index is -0.567. The van der Waals surface area contributed by atoms with Gasteiger partial charge in [-0.2, -0.15) is 0 Å². The SMILES string of the molecule is O=C(c1ccccc1)c1ccc(Sc2nnc(Sc3ccc(C(=O)c4ccccc4)cc3[N+](=O)[O-])s2)c([N+](=O)[O-])c1. The number of ketones is 2. The van der Waals surface area contributed by atoms with Crippen molar-refractivity contribution in [1.29, 1.82) is 0 Å². The summed E-state index contributed by atoms with van der Waals surface area (Å²) in [7, 11) is 0. The molecule has 0 atom stereocenters. The number of nitro benzene ring substituents is 2. The Hall–Kier alpha value is -4.72. The second-order valence-corrected chi connectivity index (χ2v) is 11.9. The average Bonchev–Trinajstić information content (AvgIpc) is 3.44. The molecule has 10 nitrogen and oxygen atoms in total. The Kier molecular flexibility index (Phi) is 8.29. The number of hydrogen-bond acceptors (Lipinski definition) is 11. The molecule has 0 bridgehead atoms. The molecule has 1 aromatic heterocycles. The van der Waals surface area contributed by atoms with Crippen LogP contribution in [0.15, 0.2) is 116 Å². The third-order valence-corrected chi connectivity index (χ3v) is 8.85. The van der Waals surface area contributed by atoms with Crippen LogP contribution in [0.3, 0.4) is 0 Å². The molecule has 0 aliphatic carbocycles. The summed E-state index contributed by atoms with van der Waals surface area (Å²) in [6, 6.07) is 25.4. The van der Waals surface area contributed by atoms with E-state index in [1.165, 1.54) is 36.4 Å². The van der Waals surface area contributed by atoms with Crippen molar-refractivity contribution in [3.63, 3.8) is 0 Å². The summed E-state index contributed by atoms with van der Waals surface area (Å²) in [6.07, 6.45) is 0. The molecule has 202 valence electrons. The van der Waals surface area contributed by atoms with E-state index in [4.69, 9.17) is 0 Å². The van der Waals surface area contributed by atoms with E-state index in [0.29, 0.717) is 19.8 Å².